The maximum Gasteiger partial charge on any atom is 0.265 e. The Morgan fingerprint density at radius 3 is 2.76 bits per heavy atom. The van der Waals surface area contributed by atoms with Gasteiger partial charge in [-0.05, 0) is 44.4 Å². The third-order valence-corrected chi connectivity index (χ3v) is 4.92. The van der Waals surface area contributed by atoms with Crippen LogP contribution in [-0.4, -0.2) is 35.9 Å². The smallest absolute Gasteiger partial charge is 0.265 e. The first-order chi connectivity index (χ1) is 11.9. The Morgan fingerprint density at radius 1 is 1.36 bits per heavy atom. The van der Waals surface area contributed by atoms with Crippen LogP contribution < -0.4 is 14.4 Å². The standard InChI is InChI=1S/C18H22ClN3O3/c1-11-18(12(2)21(3)20-11)25-10-16(23)22-9-5-6-13-14(19)7-8-15(24-4)17(13)22/h7-8H,5-6,9-10H2,1-4H3. The molecule has 7 heteroatoms. The highest BCUT2D eigenvalue weighted by atomic mass is 35.5. The molecule has 0 spiro atoms. The molecule has 0 bridgehead atoms. The summed E-state index contributed by atoms with van der Waals surface area (Å²) in [5.41, 5.74) is 3.38. The molecule has 25 heavy (non-hydrogen) atoms. The van der Waals surface area contributed by atoms with E-state index in [4.69, 9.17) is 21.1 Å². The van der Waals surface area contributed by atoms with Gasteiger partial charge in [-0.25, -0.2) is 0 Å². The zero-order valence-electron chi connectivity index (χ0n) is 14.9. The molecule has 0 unspecified atom stereocenters. The number of aromatic nitrogens is 2. The summed E-state index contributed by atoms with van der Waals surface area (Å²) in [4.78, 5) is 14.5. The number of amides is 1. The zero-order chi connectivity index (χ0) is 18.1. The molecule has 0 N–H and O–H groups in total. The maximum atomic E-state index is 12.8. The molecule has 6 nitrogen and oxygen atoms in total. The van der Waals surface area contributed by atoms with Gasteiger partial charge >= 0.3 is 0 Å². The fourth-order valence-electron chi connectivity index (χ4n) is 3.24. The van der Waals surface area contributed by atoms with Crippen LogP contribution in [0.3, 0.4) is 0 Å². The number of anilines is 1. The summed E-state index contributed by atoms with van der Waals surface area (Å²) >= 11 is 6.32. The van der Waals surface area contributed by atoms with Gasteiger partial charge in [0.1, 0.15) is 11.4 Å². The molecular weight excluding hydrogens is 342 g/mol. The third-order valence-electron chi connectivity index (χ3n) is 4.57. The van der Waals surface area contributed by atoms with Crippen molar-refractivity contribution in [1.29, 1.82) is 0 Å². The molecule has 2 aromatic rings. The van der Waals surface area contributed by atoms with Crippen molar-refractivity contribution in [3.8, 4) is 11.5 Å². The van der Waals surface area contributed by atoms with Gasteiger partial charge in [0, 0.05) is 18.6 Å². The molecule has 2 heterocycles. The Hall–Kier alpha value is -2.21. The number of ether oxygens (including phenoxy) is 2. The number of fused-ring (bicyclic) bond motifs is 1. The number of benzene rings is 1. The van der Waals surface area contributed by atoms with E-state index in [1.54, 1.807) is 22.8 Å². The van der Waals surface area contributed by atoms with Gasteiger partial charge in [0.2, 0.25) is 0 Å². The third kappa shape index (κ3) is 3.18. The van der Waals surface area contributed by atoms with Crippen molar-refractivity contribution in [2.24, 2.45) is 7.05 Å². The lowest BCUT2D eigenvalue weighted by atomic mass is 10.0. The Balaban J connectivity index is 1.84. The summed E-state index contributed by atoms with van der Waals surface area (Å²) in [7, 11) is 3.45. The second kappa shape index (κ2) is 6.96. The van der Waals surface area contributed by atoms with E-state index in [1.165, 1.54) is 0 Å². The van der Waals surface area contributed by atoms with Crippen molar-refractivity contribution in [3.05, 3.63) is 34.1 Å². The first-order valence-electron chi connectivity index (χ1n) is 8.22. The normalized spacial score (nSPS) is 13.6. The molecule has 1 aromatic heterocycles. The Kier molecular flexibility index (Phi) is 4.90. The van der Waals surface area contributed by atoms with Gasteiger partial charge in [-0.3, -0.25) is 9.48 Å². The molecule has 0 saturated heterocycles. The Labute approximate surface area is 152 Å². The minimum absolute atomic E-state index is 0.0531. The van der Waals surface area contributed by atoms with Crippen molar-refractivity contribution >= 4 is 23.2 Å². The van der Waals surface area contributed by atoms with E-state index >= 15 is 0 Å². The lowest BCUT2D eigenvalue weighted by Crippen LogP contribution is -2.39. The fraction of sp³-hybridized carbons (Fsp3) is 0.444. The monoisotopic (exact) mass is 363 g/mol. The predicted octanol–water partition coefficient (Wildman–Crippen LogP) is 3.06. The molecule has 0 fully saturated rings. The summed E-state index contributed by atoms with van der Waals surface area (Å²) in [6.45, 7) is 4.35. The number of halogens is 1. The minimum Gasteiger partial charge on any atom is -0.495 e. The molecule has 0 radical (unpaired) electrons. The van der Waals surface area contributed by atoms with E-state index in [9.17, 15) is 4.79 Å². The van der Waals surface area contributed by atoms with Crippen LogP contribution in [0.4, 0.5) is 5.69 Å². The SMILES string of the molecule is COc1ccc(Cl)c2c1N(C(=O)COc1c(C)nn(C)c1C)CCC2. The van der Waals surface area contributed by atoms with E-state index < -0.39 is 0 Å². The highest BCUT2D eigenvalue weighted by Gasteiger charge is 2.28. The van der Waals surface area contributed by atoms with Crippen LogP contribution >= 0.6 is 11.6 Å². The topological polar surface area (TPSA) is 56.6 Å². The van der Waals surface area contributed by atoms with Crippen LogP contribution in [0, 0.1) is 13.8 Å². The van der Waals surface area contributed by atoms with E-state index in [-0.39, 0.29) is 12.5 Å². The van der Waals surface area contributed by atoms with Gasteiger partial charge in [-0.2, -0.15) is 5.10 Å². The highest BCUT2D eigenvalue weighted by molar-refractivity contribution is 6.32. The van der Waals surface area contributed by atoms with Crippen LogP contribution in [0.5, 0.6) is 11.5 Å². The van der Waals surface area contributed by atoms with Crippen LogP contribution in [0.15, 0.2) is 12.1 Å². The van der Waals surface area contributed by atoms with E-state index in [2.05, 4.69) is 5.10 Å². The summed E-state index contributed by atoms with van der Waals surface area (Å²) in [6, 6.07) is 3.61. The zero-order valence-corrected chi connectivity index (χ0v) is 15.7. The Morgan fingerprint density at radius 2 is 2.12 bits per heavy atom. The molecule has 0 saturated carbocycles. The number of nitrogens with zero attached hydrogens (tertiary/aromatic N) is 3. The van der Waals surface area contributed by atoms with Gasteiger partial charge in [-0.1, -0.05) is 11.6 Å². The molecule has 134 valence electrons. The summed E-state index contributed by atoms with van der Waals surface area (Å²) in [6.07, 6.45) is 1.69. The summed E-state index contributed by atoms with van der Waals surface area (Å²) in [5, 5.41) is 4.97. The van der Waals surface area contributed by atoms with Crippen molar-refractivity contribution in [1.82, 2.24) is 9.78 Å². The summed E-state index contributed by atoms with van der Waals surface area (Å²) in [5.74, 6) is 1.19. The molecule has 1 aliphatic rings. The first-order valence-corrected chi connectivity index (χ1v) is 8.60. The molecule has 1 aromatic carbocycles. The van der Waals surface area contributed by atoms with Gasteiger partial charge in [0.25, 0.3) is 5.91 Å². The van der Waals surface area contributed by atoms with Gasteiger partial charge in [-0.15, -0.1) is 0 Å². The molecule has 1 aliphatic heterocycles. The number of hydrogen-bond donors (Lipinski definition) is 0. The van der Waals surface area contributed by atoms with Gasteiger partial charge < -0.3 is 14.4 Å². The van der Waals surface area contributed by atoms with E-state index in [1.807, 2.05) is 27.0 Å². The lowest BCUT2D eigenvalue weighted by Gasteiger charge is -2.31. The quantitative estimate of drug-likeness (QED) is 0.837. The number of hydrogen-bond acceptors (Lipinski definition) is 4. The second-order valence-electron chi connectivity index (χ2n) is 6.14. The van der Waals surface area contributed by atoms with Crippen LogP contribution in [-0.2, 0) is 18.3 Å². The average Bonchev–Trinajstić information content (AvgIpc) is 2.85. The predicted molar refractivity (Wildman–Crippen MR) is 96.9 cm³/mol. The van der Waals surface area contributed by atoms with Gasteiger partial charge in [0.05, 0.1) is 18.5 Å². The van der Waals surface area contributed by atoms with Gasteiger partial charge in [0.15, 0.2) is 12.4 Å². The van der Waals surface area contributed by atoms with E-state index in [0.717, 1.165) is 35.5 Å². The molecule has 0 atom stereocenters. The second-order valence-corrected chi connectivity index (χ2v) is 6.55. The van der Waals surface area contributed by atoms with Crippen molar-refractivity contribution in [2.45, 2.75) is 26.7 Å². The van der Waals surface area contributed by atoms with E-state index in [0.29, 0.717) is 23.1 Å². The molecular formula is C18H22ClN3O3. The number of rotatable bonds is 4. The summed E-state index contributed by atoms with van der Waals surface area (Å²) < 4.78 is 13.0. The number of methoxy groups -OCH3 is 1. The van der Waals surface area contributed by atoms with Crippen molar-refractivity contribution in [3.63, 3.8) is 0 Å². The minimum atomic E-state index is -0.121. The number of aryl methyl sites for hydroxylation is 2. The van der Waals surface area contributed by atoms with Crippen LogP contribution in [0.25, 0.3) is 0 Å². The first kappa shape index (κ1) is 17.6. The van der Waals surface area contributed by atoms with Crippen LogP contribution in [0.1, 0.15) is 23.4 Å². The molecule has 1 amide bonds. The molecule has 0 aliphatic carbocycles. The fourth-order valence-corrected chi connectivity index (χ4v) is 3.49. The lowest BCUT2D eigenvalue weighted by molar-refractivity contribution is -0.120. The van der Waals surface area contributed by atoms with Crippen molar-refractivity contribution < 1.29 is 14.3 Å². The molecule has 3 rings (SSSR count). The van der Waals surface area contributed by atoms with Crippen LogP contribution in [0.2, 0.25) is 5.02 Å². The average molecular weight is 364 g/mol. The largest absolute Gasteiger partial charge is 0.495 e. The number of carbonyl (C=O) groups is 1. The Bertz CT molecular complexity index is 816. The maximum absolute atomic E-state index is 12.8. The number of carbonyl (C=O) groups excluding carboxylic acids is 1. The highest BCUT2D eigenvalue weighted by Crippen LogP contribution is 2.40. The van der Waals surface area contributed by atoms with Crippen molar-refractivity contribution in [2.75, 3.05) is 25.2 Å².